The third-order valence-electron chi connectivity index (χ3n) is 3.78. The summed E-state index contributed by atoms with van der Waals surface area (Å²) in [5.74, 6) is 0.0118. The SMILES string of the molecule is Nc1ccn(CC2CC[C@@](CF)(COP(=O)(O)OP(=O)(O)OP(=O)(O)O)O2)c(=O)n1. The van der Waals surface area contributed by atoms with Crippen LogP contribution in [0.2, 0.25) is 0 Å². The van der Waals surface area contributed by atoms with Crippen molar-refractivity contribution in [3.8, 4) is 0 Å². The minimum Gasteiger partial charge on any atom is -0.383 e. The lowest BCUT2D eigenvalue weighted by Crippen LogP contribution is -2.38. The van der Waals surface area contributed by atoms with E-state index in [1.807, 2.05) is 0 Å². The van der Waals surface area contributed by atoms with Gasteiger partial charge in [0.05, 0.1) is 19.3 Å². The summed E-state index contributed by atoms with van der Waals surface area (Å²) in [6, 6.07) is 1.37. The number of phosphoric ester groups is 1. The number of halogens is 1. The van der Waals surface area contributed by atoms with Gasteiger partial charge in [0, 0.05) is 6.20 Å². The summed E-state index contributed by atoms with van der Waals surface area (Å²) < 4.78 is 65.5. The molecule has 0 bridgehead atoms. The van der Waals surface area contributed by atoms with Crippen LogP contribution >= 0.6 is 23.5 Å². The molecule has 1 aliphatic rings. The summed E-state index contributed by atoms with van der Waals surface area (Å²) in [5.41, 5.74) is 2.99. The number of nitrogen functional groups attached to an aromatic ring is 1. The van der Waals surface area contributed by atoms with E-state index < -0.39 is 54.1 Å². The fourth-order valence-corrected chi connectivity index (χ4v) is 5.66. The van der Waals surface area contributed by atoms with Crippen LogP contribution in [0.5, 0.6) is 0 Å². The summed E-state index contributed by atoms with van der Waals surface area (Å²) >= 11 is 0. The van der Waals surface area contributed by atoms with E-state index in [2.05, 4.69) is 18.1 Å². The lowest BCUT2D eigenvalue weighted by atomic mass is 10.0. The van der Waals surface area contributed by atoms with Crippen molar-refractivity contribution < 1.29 is 55.5 Å². The van der Waals surface area contributed by atoms with Gasteiger partial charge in [0.15, 0.2) is 0 Å². The first kappa shape index (κ1) is 25.2. The van der Waals surface area contributed by atoms with E-state index in [1.165, 1.54) is 12.3 Å². The van der Waals surface area contributed by atoms with Crippen molar-refractivity contribution in [3.63, 3.8) is 0 Å². The van der Waals surface area contributed by atoms with Gasteiger partial charge in [0.2, 0.25) is 0 Å². The second-order valence-corrected chi connectivity index (χ2v) is 10.7. The second kappa shape index (κ2) is 9.23. The number of hydrogen-bond donors (Lipinski definition) is 5. The Balaban J connectivity index is 1.99. The number of rotatable bonds is 10. The minimum atomic E-state index is -5.69. The average Bonchev–Trinajstić information content (AvgIpc) is 2.96. The molecule has 19 heteroatoms. The monoisotopic (exact) mass is 497 g/mol. The summed E-state index contributed by atoms with van der Waals surface area (Å²) in [5, 5.41) is 0. The van der Waals surface area contributed by atoms with Gasteiger partial charge in [0.1, 0.15) is 18.1 Å². The Bertz CT molecular complexity index is 968. The third kappa shape index (κ3) is 7.59. The van der Waals surface area contributed by atoms with Gasteiger partial charge in [-0.2, -0.15) is 13.6 Å². The molecule has 2 heterocycles. The van der Waals surface area contributed by atoms with E-state index in [-0.39, 0.29) is 25.2 Å². The first-order chi connectivity index (χ1) is 13.6. The van der Waals surface area contributed by atoms with Crippen LogP contribution in [0.4, 0.5) is 10.2 Å². The highest BCUT2D eigenvalue weighted by molar-refractivity contribution is 7.66. The molecule has 1 saturated heterocycles. The van der Waals surface area contributed by atoms with Crippen molar-refractivity contribution in [1.29, 1.82) is 0 Å². The maximum atomic E-state index is 13.6. The van der Waals surface area contributed by atoms with Crippen LogP contribution < -0.4 is 11.4 Å². The van der Waals surface area contributed by atoms with Crippen LogP contribution in [0.25, 0.3) is 0 Å². The Morgan fingerprint density at radius 1 is 1.27 bits per heavy atom. The Kier molecular flexibility index (Phi) is 7.76. The molecule has 30 heavy (non-hydrogen) atoms. The third-order valence-corrected chi connectivity index (χ3v) is 7.57. The first-order valence-electron chi connectivity index (χ1n) is 7.99. The number of phosphoric acid groups is 3. The van der Waals surface area contributed by atoms with Crippen LogP contribution in [0.3, 0.4) is 0 Å². The normalized spacial score (nSPS) is 26.2. The van der Waals surface area contributed by atoms with Gasteiger partial charge >= 0.3 is 29.2 Å². The lowest BCUT2D eigenvalue weighted by Gasteiger charge is -2.27. The molecular weight excluding hydrogens is 478 g/mol. The topological polar surface area (TPSA) is 230 Å². The average molecular weight is 497 g/mol. The van der Waals surface area contributed by atoms with Crippen molar-refractivity contribution in [3.05, 3.63) is 22.7 Å². The highest BCUT2D eigenvalue weighted by atomic mass is 31.3. The van der Waals surface area contributed by atoms with Crippen molar-refractivity contribution >= 4 is 29.3 Å². The van der Waals surface area contributed by atoms with Crippen LogP contribution in [0.15, 0.2) is 17.1 Å². The van der Waals surface area contributed by atoms with Gasteiger partial charge in [-0.25, -0.2) is 22.9 Å². The zero-order valence-corrected chi connectivity index (χ0v) is 17.7. The molecular formula is C11H19FN3O12P3. The van der Waals surface area contributed by atoms with Crippen LogP contribution in [-0.4, -0.2) is 54.1 Å². The fraction of sp³-hybridized carbons (Fsp3) is 0.636. The van der Waals surface area contributed by atoms with Gasteiger partial charge in [-0.15, -0.1) is 0 Å². The van der Waals surface area contributed by atoms with Gasteiger partial charge in [-0.05, 0) is 18.9 Å². The summed E-state index contributed by atoms with van der Waals surface area (Å²) in [6.07, 6.45) is 0.866. The van der Waals surface area contributed by atoms with Gasteiger partial charge < -0.3 is 30.0 Å². The maximum absolute atomic E-state index is 13.6. The van der Waals surface area contributed by atoms with E-state index in [9.17, 15) is 27.8 Å². The molecule has 1 aliphatic heterocycles. The molecule has 1 aromatic rings. The molecule has 0 saturated carbocycles. The standard InChI is InChI=1S/C11H19FN3O12P3/c12-6-11(7-24-29(20,21)27-30(22,23)26-28(17,18)19)3-1-8(25-11)5-15-4-2-9(13)14-10(15)16/h2,4,8H,1,3,5-7H2,(H,20,21)(H,22,23)(H2,13,14,16)(H2,17,18,19)/t8?,11-/m1/s1. The summed E-state index contributed by atoms with van der Waals surface area (Å²) in [7, 11) is -16.6. The summed E-state index contributed by atoms with van der Waals surface area (Å²) in [4.78, 5) is 50.8. The molecule has 1 fully saturated rings. The molecule has 15 nitrogen and oxygen atoms in total. The van der Waals surface area contributed by atoms with E-state index >= 15 is 0 Å². The lowest BCUT2D eigenvalue weighted by molar-refractivity contribution is -0.0871. The molecule has 4 atom stereocenters. The number of alkyl halides is 1. The zero-order valence-electron chi connectivity index (χ0n) is 15.0. The largest absolute Gasteiger partial charge is 0.490 e. The van der Waals surface area contributed by atoms with Crippen molar-refractivity contribution in [1.82, 2.24) is 9.55 Å². The summed E-state index contributed by atoms with van der Waals surface area (Å²) in [6.45, 7) is -2.13. The second-order valence-electron chi connectivity index (χ2n) is 6.25. The number of anilines is 1. The Morgan fingerprint density at radius 2 is 1.93 bits per heavy atom. The zero-order chi connectivity index (χ0) is 22.8. The molecule has 0 amide bonds. The molecule has 3 unspecified atom stereocenters. The van der Waals surface area contributed by atoms with E-state index in [0.29, 0.717) is 0 Å². The van der Waals surface area contributed by atoms with E-state index in [4.69, 9.17) is 25.2 Å². The van der Waals surface area contributed by atoms with Crippen LogP contribution in [0.1, 0.15) is 12.8 Å². The smallest absolute Gasteiger partial charge is 0.383 e. The van der Waals surface area contributed by atoms with Crippen molar-refractivity contribution in [2.45, 2.75) is 31.1 Å². The number of aromatic nitrogens is 2. The molecule has 0 radical (unpaired) electrons. The van der Waals surface area contributed by atoms with Gasteiger partial charge in [-0.1, -0.05) is 0 Å². The van der Waals surface area contributed by atoms with Gasteiger partial charge in [0.25, 0.3) is 0 Å². The molecule has 1 aromatic heterocycles. The van der Waals surface area contributed by atoms with E-state index in [0.717, 1.165) is 4.57 Å². The molecule has 0 aromatic carbocycles. The number of nitrogens with two attached hydrogens (primary N) is 1. The Labute approximate surface area is 168 Å². The van der Waals surface area contributed by atoms with Gasteiger partial charge in [-0.3, -0.25) is 9.09 Å². The molecule has 2 rings (SSSR count). The molecule has 6 N–H and O–H groups in total. The quantitative estimate of drug-likeness (QED) is 0.269. The first-order valence-corrected chi connectivity index (χ1v) is 12.5. The predicted octanol–water partition coefficient (Wildman–Crippen LogP) is 0.0561. The van der Waals surface area contributed by atoms with Crippen LogP contribution in [-0.2, 0) is 38.1 Å². The Hall–Kier alpha value is -1.02. The molecule has 0 spiro atoms. The fourth-order valence-electron chi connectivity index (χ4n) is 2.57. The molecule has 172 valence electrons. The van der Waals surface area contributed by atoms with Crippen LogP contribution in [0, 0.1) is 0 Å². The highest BCUT2D eigenvalue weighted by Gasteiger charge is 2.45. The number of nitrogens with zero attached hydrogens (tertiary/aromatic N) is 2. The van der Waals surface area contributed by atoms with Crippen molar-refractivity contribution in [2.75, 3.05) is 19.0 Å². The van der Waals surface area contributed by atoms with Crippen molar-refractivity contribution in [2.24, 2.45) is 0 Å². The van der Waals surface area contributed by atoms with E-state index in [1.54, 1.807) is 0 Å². The minimum absolute atomic E-state index is 0.0118. The predicted molar refractivity (Wildman–Crippen MR) is 95.5 cm³/mol. The maximum Gasteiger partial charge on any atom is 0.490 e. The Morgan fingerprint density at radius 3 is 2.50 bits per heavy atom. The number of ether oxygens (including phenoxy) is 1. The molecule has 0 aliphatic carbocycles. The highest BCUT2D eigenvalue weighted by Crippen LogP contribution is 2.66. The number of hydrogen-bond acceptors (Lipinski definition) is 10.